The molecule has 1 rings (SSSR count). The van der Waals surface area contributed by atoms with Crippen LogP contribution in [0.5, 0.6) is 0 Å². The predicted molar refractivity (Wildman–Crippen MR) is 77.7 cm³/mol. The maximum Gasteiger partial charge on any atom is 0.306 e. The van der Waals surface area contributed by atoms with Crippen LogP contribution in [0.2, 0.25) is 0 Å². The van der Waals surface area contributed by atoms with E-state index in [1.165, 1.54) is 18.9 Å². The summed E-state index contributed by atoms with van der Waals surface area (Å²) in [4.78, 5) is 23.0. The first-order valence-electron chi connectivity index (χ1n) is 5.06. The van der Waals surface area contributed by atoms with E-state index in [2.05, 4.69) is 27.3 Å². The average Bonchev–Trinajstić information content (AvgIpc) is 2.38. The number of alkyl halides is 1. The van der Waals surface area contributed by atoms with Crippen LogP contribution >= 0.6 is 34.4 Å². The molecule has 0 radical (unpaired) electrons. The minimum Gasteiger partial charge on any atom is -0.469 e. The van der Waals surface area contributed by atoms with Gasteiger partial charge in [0.15, 0.2) is 0 Å². The molecule has 5 heteroatoms. The Kier molecular flexibility index (Phi) is 6.57. The van der Waals surface area contributed by atoms with Crippen molar-refractivity contribution in [1.82, 2.24) is 0 Å². The molecule has 0 unspecified atom stereocenters. The van der Waals surface area contributed by atoms with E-state index in [4.69, 9.17) is 0 Å². The number of benzene rings is 1. The van der Waals surface area contributed by atoms with Crippen LogP contribution in [0.4, 0.5) is 0 Å². The lowest BCUT2D eigenvalue weighted by Crippen LogP contribution is -2.15. The summed E-state index contributed by atoms with van der Waals surface area (Å²) >= 11 is 3.37. The van der Waals surface area contributed by atoms with Gasteiger partial charge in [0.05, 0.1) is 13.5 Å². The molecule has 0 aliphatic carbocycles. The van der Waals surface area contributed by atoms with E-state index < -0.39 is 0 Å². The van der Waals surface area contributed by atoms with Gasteiger partial charge in [0, 0.05) is 15.2 Å². The Labute approximate surface area is 118 Å². The number of halogens is 1. The van der Waals surface area contributed by atoms with Gasteiger partial charge in [0.2, 0.25) is 5.12 Å². The molecule has 0 aromatic heterocycles. The first-order valence-corrected chi connectivity index (χ1v) is 7.46. The average molecular weight is 364 g/mol. The summed E-state index contributed by atoms with van der Waals surface area (Å²) in [6.45, 7) is 0. The Bertz CT molecular complexity index is 381. The number of esters is 1. The first kappa shape index (κ1) is 14.5. The van der Waals surface area contributed by atoms with Crippen molar-refractivity contribution < 1.29 is 14.3 Å². The molecule has 0 N–H and O–H groups in total. The Hall–Kier alpha value is -0.560. The molecule has 17 heavy (non-hydrogen) atoms. The van der Waals surface area contributed by atoms with Crippen molar-refractivity contribution in [3.8, 4) is 0 Å². The van der Waals surface area contributed by atoms with Gasteiger partial charge in [-0.25, -0.2) is 0 Å². The zero-order valence-corrected chi connectivity index (χ0v) is 12.4. The number of ether oxygens (including phenoxy) is 1. The van der Waals surface area contributed by atoms with Crippen LogP contribution in [0.15, 0.2) is 30.3 Å². The van der Waals surface area contributed by atoms with Crippen molar-refractivity contribution in [2.75, 3.05) is 11.5 Å². The SMILES string of the molecule is COC(=O)C[C@H](CI)SC(=O)c1ccccc1. The third-order valence-electron chi connectivity index (χ3n) is 2.08. The molecular weight excluding hydrogens is 351 g/mol. The molecule has 0 heterocycles. The van der Waals surface area contributed by atoms with Gasteiger partial charge >= 0.3 is 5.97 Å². The summed E-state index contributed by atoms with van der Waals surface area (Å²) in [7, 11) is 1.36. The zero-order chi connectivity index (χ0) is 12.7. The molecule has 0 amide bonds. The van der Waals surface area contributed by atoms with E-state index in [0.29, 0.717) is 5.56 Å². The van der Waals surface area contributed by atoms with E-state index in [9.17, 15) is 9.59 Å². The van der Waals surface area contributed by atoms with Gasteiger partial charge in [0.25, 0.3) is 0 Å². The van der Waals surface area contributed by atoms with Crippen molar-refractivity contribution in [3.63, 3.8) is 0 Å². The minimum absolute atomic E-state index is 0.00355. The largest absolute Gasteiger partial charge is 0.469 e. The highest BCUT2D eigenvalue weighted by molar-refractivity contribution is 14.1. The molecule has 1 aromatic carbocycles. The summed E-state index contributed by atoms with van der Waals surface area (Å²) in [5.74, 6) is -0.278. The fourth-order valence-electron chi connectivity index (χ4n) is 1.19. The molecule has 3 nitrogen and oxygen atoms in total. The fraction of sp³-hybridized carbons (Fsp3) is 0.333. The number of carbonyl (C=O) groups excluding carboxylic acids is 2. The smallest absolute Gasteiger partial charge is 0.306 e. The van der Waals surface area contributed by atoms with Crippen LogP contribution in [0, 0.1) is 0 Å². The maximum absolute atomic E-state index is 11.9. The second-order valence-corrected chi connectivity index (χ2v) is 5.48. The van der Waals surface area contributed by atoms with Crippen molar-refractivity contribution in [1.29, 1.82) is 0 Å². The Morgan fingerprint density at radius 3 is 2.53 bits per heavy atom. The predicted octanol–water partition coefficient (Wildman–Crippen LogP) is 2.93. The quantitative estimate of drug-likeness (QED) is 0.458. The van der Waals surface area contributed by atoms with Crippen molar-refractivity contribution in [2.24, 2.45) is 0 Å². The van der Waals surface area contributed by atoms with Crippen molar-refractivity contribution in [2.45, 2.75) is 11.7 Å². The van der Waals surface area contributed by atoms with Crippen LogP contribution in [-0.4, -0.2) is 27.9 Å². The lowest BCUT2D eigenvalue weighted by Gasteiger charge is -2.10. The lowest BCUT2D eigenvalue weighted by atomic mass is 10.2. The van der Waals surface area contributed by atoms with E-state index in [1.807, 2.05) is 18.2 Å². The molecular formula is C12H13IO3S. The number of rotatable bonds is 5. The van der Waals surface area contributed by atoms with Crippen molar-refractivity contribution in [3.05, 3.63) is 35.9 Å². The van der Waals surface area contributed by atoms with E-state index in [-0.39, 0.29) is 22.8 Å². The van der Waals surface area contributed by atoms with Gasteiger partial charge in [-0.1, -0.05) is 64.7 Å². The Morgan fingerprint density at radius 2 is 2.00 bits per heavy atom. The molecule has 92 valence electrons. The fourth-order valence-corrected chi connectivity index (χ4v) is 2.90. The second kappa shape index (κ2) is 7.71. The highest BCUT2D eigenvalue weighted by Gasteiger charge is 2.18. The summed E-state index contributed by atoms with van der Waals surface area (Å²) in [6, 6.07) is 9.07. The van der Waals surface area contributed by atoms with Gasteiger partial charge in [-0.3, -0.25) is 9.59 Å². The van der Waals surface area contributed by atoms with Crippen LogP contribution < -0.4 is 0 Å². The number of carbonyl (C=O) groups is 2. The van der Waals surface area contributed by atoms with E-state index in [1.54, 1.807) is 12.1 Å². The first-order chi connectivity index (χ1) is 8.17. The highest BCUT2D eigenvalue weighted by Crippen LogP contribution is 2.22. The molecule has 0 fully saturated rings. The number of thioether (sulfide) groups is 1. The topological polar surface area (TPSA) is 43.4 Å². The monoisotopic (exact) mass is 364 g/mol. The standard InChI is InChI=1S/C12H13IO3S/c1-16-11(14)7-10(8-13)17-12(15)9-5-3-2-4-6-9/h2-6,10H,7-8H2,1H3/t10-/m1/s1. The molecule has 0 saturated carbocycles. The van der Waals surface area contributed by atoms with E-state index >= 15 is 0 Å². The van der Waals surface area contributed by atoms with Crippen LogP contribution in [0.25, 0.3) is 0 Å². The number of hydrogen-bond donors (Lipinski definition) is 0. The van der Waals surface area contributed by atoms with Crippen LogP contribution in [0.1, 0.15) is 16.8 Å². The molecule has 0 spiro atoms. The van der Waals surface area contributed by atoms with Gasteiger partial charge in [-0.05, 0) is 0 Å². The summed E-state index contributed by atoms with van der Waals surface area (Å²) in [6.07, 6.45) is 0.267. The second-order valence-electron chi connectivity index (χ2n) is 3.33. The number of hydrogen-bond acceptors (Lipinski definition) is 4. The molecule has 0 aliphatic heterocycles. The molecule has 0 saturated heterocycles. The van der Waals surface area contributed by atoms with Crippen LogP contribution in [-0.2, 0) is 9.53 Å². The third-order valence-corrected chi connectivity index (χ3v) is 4.85. The van der Waals surface area contributed by atoms with Gasteiger partial charge in [0.1, 0.15) is 0 Å². The Balaban J connectivity index is 2.57. The molecule has 1 atom stereocenters. The van der Waals surface area contributed by atoms with Crippen molar-refractivity contribution >= 4 is 45.4 Å². The molecule has 0 bridgehead atoms. The van der Waals surface area contributed by atoms with Gasteiger partial charge in [-0.2, -0.15) is 0 Å². The van der Waals surface area contributed by atoms with Gasteiger partial charge < -0.3 is 4.74 Å². The van der Waals surface area contributed by atoms with Crippen LogP contribution in [0.3, 0.4) is 0 Å². The summed E-state index contributed by atoms with van der Waals surface area (Å²) in [5, 5.41) is -0.0353. The Morgan fingerprint density at radius 1 is 1.35 bits per heavy atom. The lowest BCUT2D eigenvalue weighted by molar-refractivity contribution is -0.140. The van der Waals surface area contributed by atoms with E-state index in [0.717, 1.165) is 4.43 Å². The summed E-state index contributed by atoms with van der Waals surface area (Å²) in [5.41, 5.74) is 0.664. The maximum atomic E-state index is 11.9. The highest BCUT2D eigenvalue weighted by atomic mass is 127. The third kappa shape index (κ3) is 5.08. The molecule has 0 aliphatic rings. The molecule has 1 aromatic rings. The number of methoxy groups -OCH3 is 1. The zero-order valence-electron chi connectivity index (χ0n) is 9.39. The van der Waals surface area contributed by atoms with Gasteiger partial charge in [-0.15, -0.1) is 0 Å². The normalized spacial score (nSPS) is 11.9. The summed E-state index contributed by atoms with van der Waals surface area (Å²) < 4.78 is 5.34. The minimum atomic E-state index is -0.278.